The minimum atomic E-state index is -3.36. The first-order valence-electron chi connectivity index (χ1n) is 10.5. The molecule has 1 unspecified atom stereocenters. The normalized spacial score (nSPS) is 13.7. The summed E-state index contributed by atoms with van der Waals surface area (Å²) < 4.78 is 23.0. The highest BCUT2D eigenvalue weighted by Crippen LogP contribution is 2.17. The highest BCUT2D eigenvalue weighted by atomic mass is 32.2. The Morgan fingerprint density at radius 2 is 1.77 bits per heavy atom. The lowest BCUT2D eigenvalue weighted by atomic mass is 10.1. The molecule has 0 aliphatic carbocycles. The minimum absolute atomic E-state index is 0.320. The average molecular weight is 485 g/mol. The molecule has 0 bridgehead atoms. The number of sulfone groups is 1. The molecule has 1 heterocycles. The van der Waals surface area contributed by atoms with Gasteiger partial charge >= 0.3 is 0 Å². The van der Waals surface area contributed by atoms with Gasteiger partial charge in [-0.25, -0.2) is 13.4 Å². The number of ketones is 1. The first kappa shape index (κ1) is 27.7. The van der Waals surface area contributed by atoms with Crippen LogP contribution in [-0.2, 0) is 14.6 Å². The fraction of sp³-hybridized carbons (Fsp3) is 0.565. The van der Waals surface area contributed by atoms with Crippen LogP contribution in [0.1, 0.15) is 53.4 Å². The lowest BCUT2D eigenvalue weighted by molar-refractivity contribution is -0.116. The van der Waals surface area contributed by atoms with Gasteiger partial charge in [0.1, 0.15) is 5.75 Å². The molecule has 0 aromatic carbocycles. The number of aromatic nitrogens is 1. The van der Waals surface area contributed by atoms with Crippen molar-refractivity contribution in [2.24, 2.45) is 0 Å². The van der Waals surface area contributed by atoms with Crippen molar-refractivity contribution in [1.82, 2.24) is 4.98 Å². The monoisotopic (exact) mass is 484 g/mol. The van der Waals surface area contributed by atoms with Crippen LogP contribution in [0.15, 0.2) is 46.5 Å². The molecule has 1 aromatic heterocycles. The SMILES string of the molecule is CC(C)=CCCC(C)=CCCC(C)=CCSCC(Nc1nccs1)C(=O)CS(C)(=O)=O. The molecule has 1 N–H and O–H groups in total. The highest BCUT2D eigenvalue weighted by Gasteiger charge is 2.22. The van der Waals surface area contributed by atoms with Gasteiger partial charge in [-0.05, 0) is 53.4 Å². The molecule has 0 spiro atoms. The van der Waals surface area contributed by atoms with Gasteiger partial charge in [-0.1, -0.05) is 34.9 Å². The summed E-state index contributed by atoms with van der Waals surface area (Å²) in [6, 6.07) is -0.564. The Morgan fingerprint density at radius 1 is 1.13 bits per heavy atom. The molecule has 0 saturated heterocycles. The standard InChI is InChI=1S/C23H36N2O3S3/c1-18(2)8-6-9-19(3)10-7-11-20(4)12-14-29-16-21(22(26)17-31(5,27)28)25-23-24-13-15-30-23/h8,10,12-13,15,21H,6-7,9,11,14,16-17H2,1-5H3,(H,24,25). The molecular formula is C23H36N2O3S3. The molecule has 31 heavy (non-hydrogen) atoms. The average Bonchev–Trinajstić information content (AvgIpc) is 3.15. The number of Topliss-reactive ketones (excluding diaryl/α,β-unsaturated/α-hetero) is 1. The van der Waals surface area contributed by atoms with E-state index >= 15 is 0 Å². The summed E-state index contributed by atoms with van der Waals surface area (Å²) in [6.07, 6.45) is 13.8. The summed E-state index contributed by atoms with van der Waals surface area (Å²) in [4.78, 5) is 16.6. The van der Waals surface area contributed by atoms with E-state index in [0.29, 0.717) is 10.9 Å². The third-order valence-corrected chi connectivity index (χ3v) is 6.96. The van der Waals surface area contributed by atoms with E-state index in [1.54, 1.807) is 18.0 Å². The largest absolute Gasteiger partial charge is 0.351 e. The van der Waals surface area contributed by atoms with Crippen molar-refractivity contribution in [1.29, 1.82) is 0 Å². The topological polar surface area (TPSA) is 76.1 Å². The van der Waals surface area contributed by atoms with Gasteiger partial charge in [0, 0.05) is 29.3 Å². The van der Waals surface area contributed by atoms with E-state index in [0.717, 1.165) is 37.7 Å². The second-order valence-corrected chi connectivity index (χ2v) is 12.2. The molecule has 0 saturated carbocycles. The molecule has 0 aliphatic rings. The molecule has 0 aliphatic heterocycles. The maximum atomic E-state index is 12.4. The van der Waals surface area contributed by atoms with Crippen LogP contribution in [0.3, 0.4) is 0 Å². The van der Waals surface area contributed by atoms with Crippen molar-refractivity contribution in [2.75, 3.05) is 28.8 Å². The minimum Gasteiger partial charge on any atom is -0.351 e. The Balaban J connectivity index is 2.46. The van der Waals surface area contributed by atoms with Crippen LogP contribution in [0.2, 0.25) is 0 Å². The molecule has 174 valence electrons. The highest BCUT2D eigenvalue weighted by molar-refractivity contribution is 7.99. The molecular weight excluding hydrogens is 448 g/mol. The number of carbonyl (C=O) groups is 1. The molecule has 8 heteroatoms. The first-order valence-corrected chi connectivity index (χ1v) is 14.5. The lowest BCUT2D eigenvalue weighted by Gasteiger charge is -2.16. The van der Waals surface area contributed by atoms with E-state index in [-0.39, 0.29) is 5.78 Å². The zero-order valence-corrected chi connectivity index (χ0v) is 21.8. The number of nitrogens with zero attached hydrogens (tertiary/aromatic N) is 1. The number of carbonyl (C=O) groups excluding carboxylic acids is 1. The van der Waals surface area contributed by atoms with Gasteiger partial charge in [0.2, 0.25) is 0 Å². The van der Waals surface area contributed by atoms with Crippen molar-refractivity contribution in [2.45, 2.75) is 59.4 Å². The number of hydrogen-bond acceptors (Lipinski definition) is 7. The Kier molecular flexibility index (Phi) is 13.1. The number of thiazole rings is 1. The number of allylic oxidation sites excluding steroid dienone is 5. The van der Waals surface area contributed by atoms with Gasteiger partial charge in [-0.2, -0.15) is 11.8 Å². The van der Waals surface area contributed by atoms with Crippen LogP contribution in [0.5, 0.6) is 0 Å². The van der Waals surface area contributed by atoms with Crippen molar-refractivity contribution in [3.8, 4) is 0 Å². The summed E-state index contributed by atoms with van der Waals surface area (Å²) >= 11 is 3.01. The third kappa shape index (κ3) is 14.3. The van der Waals surface area contributed by atoms with Crippen LogP contribution >= 0.6 is 23.1 Å². The van der Waals surface area contributed by atoms with Crippen molar-refractivity contribution < 1.29 is 13.2 Å². The summed E-state index contributed by atoms with van der Waals surface area (Å²) in [5.41, 5.74) is 4.12. The number of rotatable bonds is 15. The summed E-state index contributed by atoms with van der Waals surface area (Å²) in [5, 5.41) is 5.53. The maximum Gasteiger partial charge on any atom is 0.183 e. The molecule has 0 amide bonds. The predicted molar refractivity (Wildman–Crippen MR) is 137 cm³/mol. The zero-order valence-electron chi connectivity index (χ0n) is 19.3. The summed E-state index contributed by atoms with van der Waals surface area (Å²) in [5.74, 6) is 0.517. The Labute approximate surface area is 196 Å². The quantitative estimate of drug-likeness (QED) is 0.255. The summed E-state index contributed by atoms with van der Waals surface area (Å²) in [6.45, 7) is 8.58. The molecule has 1 atom stereocenters. The number of thioether (sulfide) groups is 1. The molecule has 0 fully saturated rings. The maximum absolute atomic E-state index is 12.4. The first-order chi connectivity index (χ1) is 14.6. The lowest BCUT2D eigenvalue weighted by Crippen LogP contribution is -2.36. The van der Waals surface area contributed by atoms with Gasteiger partial charge in [-0.3, -0.25) is 4.79 Å². The summed E-state index contributed by atoms with van der Waals surface area (Å²) in [7, 11) is -3.36. The van der Waals surface area contributed by atoms with Crippen LogP contribution in [0, 0.1) is 0 Å². The van der Waals surface area contributed by atoms with E-state index < -0.39 is 21.6 Å². The van der Waals surface area contributed by atoms with Crippen molar-refractivity contribution in [3.63, 3.8) is 0 Å². The van der Waals surface area contributed by atoms with Crippen molar-refractivity contribution >= 4 is 43.9 Å². The molecule has 1 rings (SSSR count). The van der Waals surface area contributed by atoms with Crippen LogP contribution < -0.4 is 5.32 Å². The van der Waals surface area contributed by atoms with E-state index in [9.17, 15) is 13.2 Å². The van der Waals surface area contributed by atoms with Crippen molar-refractivity contribution in [3.05, 3.63) is 46.5 Å². The third-order valence-electron chi connectivity index (χ3n) is 4.48. The Morgan fingerprint density at radius 3 is 2.35 bits per heavy atom. The number of anilines is 1. The smallest absolute Gasteiger partial charge is 0.183 e. The van der Waals surface area contributed by atoms with E-state index in [1.807, 2.05) is 5.38 Å². The zero-order chi connectivity index (χ0) is 23.3. The van der Waals surface area contributed by atoms with Gasteiger partial charge in [0.15, 0.2) is 20.8 Å². The van der Waals surface area contributed by atoms with Gasteiger partial charge < -0.3 is 5.32 Å². The fourth-order valence-corrected chi connectivity index (χ4v) is 5.09. The Hall–Kier alpha value is -1.38. The van der Waals surface area contributed by atoms with Gasteiger partial charge in [0.25, 0.3) is 0 Å². The van der Waals surface area contributed by atoms with Crippen LogP contribution in [0.25, 0.3) is 0 Å². The van der Waals surface area contributed by atoms with E-state index in [4.69, 9.17) is 0 Å². The van der Waals surface area contributed by atoms with Gasteiger partial charge in [0.05, 0.1) is 6.04 Å². The fourth-order valence-electron chi connectivity index (χ4n) is 2.74. The molecule has 1 aromatic rings. The second-order valence-electron chi connectivity index (χ2n) is 8.07. The van der Waals surface area contributed by atoms with Crippen LogP contribution in [-0.4, -0.2) is 48.7 Å². The van der Waals surface area contributed by atoms with E-state index in [2.05, 4.69) is 56.2 Å². The van der Waals surface area contributed by atoms with Gasteiger partial charge in [-0.15, -0.1) is 11.3 Å². The van der Waals surface area contributed by atoms with Crippen LogP contribution in [0.4, 0.5) is 5.13 Å². The number of nitrogens with one attached hydrogen (secondary N) is 1. The molecule has 0 radical (unpaired) electrons. The second kappa shape index (κ2) is 14.6. The van der Waals surface area contributed by atoms with E-state index in [1.165, 1.54) is 28.1 Å². The predicted octanol–water partition coefficient (Wildman–Crippen LogP) is 5.69. The molecule has 5 nitrogen and oxygen atoms in total. The Bertz CT molecular complexity index is 866. The number of hydrogen-bond donors (Lipinski definition) is 1.